The van der Waals surface area contributed by atoms with Gasteiger partial charge < -0.3 is 5.01 Å². The van der Waals surface area contributed by atoms with Crippen molar-refractivity contribution in [3.63, 3.8) is 0 Å². The van der Waals surface area contributed by atoms with E-state index in [1.807, 2.05) is 30.5 Å². The van der Waals surface area contributed by atoms with E-state index in [2.05, 4.69) is 13.0 Å². The number of hydrazine groups is 1. The maximum Gasteiger partial charge on any atom is 0.0628 e. The molecule has 66 valence electrons. The Labute approximate surface area is 74.0 Å². The van der Waals surface area contributed by atoms with Crippen molar-refractivity contribution in [3.8, 4) is 0 Å². The van der Waals surface area contributed by atoms with Crippen LogP contribution in [0.15, 0.2) is 36.6 Å². The monoisotopic (exact) mass is 164 g/mol. The normalized spacial score (nSPS) is 30.5. The Bertz CT molecular complexity index is 204. The molecular weight excluding hydrogens is 148 g/mol. The van der Waals surface area contributed by atoms with Crippen LogP contribution in [-0.2, 0) is 0 Å². The fraction of sp³-hybridized carbons (Fsp3) is 0.400. The summed E-state index contributed by atoms with van der Waals surface area (Å²) >= 11 is 0. The molecule has 1 rings (SSSR count). The van der Waals surface area contributed by atoms with Crippen LogP contribution in [0.1, 0.15) is 19.8 Å². The van der Waals surface area contributed by atoms with E-state index in [1.165, 1.54) is 0 Å². The van der Waals surface area contributed by atoms with E-state index in [0.717, 1.165) is 12.8 Å². The second-order valence-corrected chi connectivity index (χ2v) is 2.91. The van der Waals surface area contributed by atoms with Gasteiger partial charge in [-0.15, -0.1) is 0 Å². The van der Waals surface area contributed by atoms with Gasteiger partial charge in [0.15, 0.2) is 0 Å². The molecule has 0 aromatic carbocycles. The van der Waals surface area contributed by atoms with Crippen molar-refractivity contribution in [2.75, 3.05) is 0 Å². The first-order chi connectivity index (χ1) is 5.84. The fourth-order valence-electron chi connectivity index (χ4n) is 1.22. The fourth-order valence-corrected chi connectivity index (χ4v) is 1.22. The van der Waals surface area contributed by atoms with Crippen molar-refractivity contribution in [2.24, 2.45) is 5.84 Å². The molecular formula is C10H16N2. The maximum absolute atomic E-state index is 5.80. The topological polar surface area (TPSA) is 29.3 Å². The van der Waals surface area contributed by atoms with Gasteiger partial charge in [0.1, 0.15) is 0 Å². The van der Waals surface area contributed by atoms with Crippen LogP contribution in [0.4, 0.5) is 0 Å². The molecule has 0 bridgehead atoms. The highest BCUT2D eigenvalue weighted by atomic mass is 15.4. The molecule has 2 nitrogen and oxygen atoms in total. The molecule has 1 unspecified atom stereocenters. The molecule has 0 spiro atoms. The van der Waals surface area contributed by atoms with Crippen molar-refractivity contribution in [3.05, 3.63) is 36.6 Å². The predicted molar refractivity (Wildman–Crippen MR) is 52.1 cm³/mol. The lowest BCUT2D eigenvalue weighted by atomic mass is 10.1. The molecule has 0 aromatic heterocycles. The highest BCUT2D eigenvalue weighted by Crippen LogP contribution is 2.07. The quantitative estimate of drug-likeness (QED) is 0.632. The van der Waals surface area contributed by atoms with Gasteiger partial charge in [0.2, 0.25) is 0 Å². The van der Waals surface area contributed by atoms with Crippen molar-refractivity contribution in [1.82, 2.24) is 5.01 Å². The van der Waals surface area contributed by atoms with Crippen LogP contribution in [0.5, 0.6) is 0 Å². The molecule has 12 heavy (non-hydrogen) atoms. The van der Waals surface area contributed by atoms with E-state index in [4.69, 9.17) is 5.84 Å². The van der Waals surface area contributed by atoms with Gasteiger partial charge in [0, 0.05) is 6.20 Å². The van der Waals surface area contributed by atoms with Gasteiger partial charge in [-0.25, -0.2) is 5.84 Å². The van der Waals surface area contributed by atoms with Crippen LogP contribution in [0, 0.1) is 0 Å². The summed E-state index contributed by atoms with van der Waals surface area (Å²) < 4.78 is 0. The molecule has 0 aromatic rings. The molecule has 1 atom stereocenters. The van der Waals surface area contributed by atoms with Crippen LogP contribution >= 0.6 is 0 Å². The zero-order chi connectivity index (χ0) is 8.81. The summed E-state index contributed by atoms with van der Waals surface area (Å²) in [7, 11) is 0. The molecule has 0 saturated heterocycles. The first-order valence-corrected chi connectivity index (χ1v) is 4.39. The zero-order valence-electron chi connectivity index (χ0n) is 7.48. The number of hydrogen-bond donors (Lipinski definition) is 1. The minimum absolute atomic E-state index is 0.344. The summed E-state index contributed by atoms with van der Waals surface area (Å²) in [5, 5.41) is 1.75. The van der Waals surface area contributed by atoms with Gasteiger partial charge in [-0.1, -0.05) is 37.6 Å². The number of allylic oxidation sites excluding steroid dienone is 4. The van der Waals surface area contributed by atoms with Gasteiger partial charge in [-0.2, -0.15) is 0 Å². The van der Waals surface area contributed by atoms with Crippen LogP contribution in [0.3, 0.4) is 0 Å². The molecule has 1 aliphatic rings. The summed E-state index contributed by atoms with van der Waals surface area (Å²) in [4.78, 5) is 0. The standard InChI is InChI=1S/C10H16N2/c1-2-7-10-8-5-3-4-6-9-12(10)11/h3-6,8-10H,2,7,11H2,1H3/b4-3-,8-5-,9-6-. The summed E-state index contributed by atoms with van der Waals surface area (Å²) in [6.07, 6.45) is 14.3. The van der Waals surface area contributed by atoms with E-state index in [1.54, 1.807) is 5.01 Å². The van der Waals surface area contributed by atoms with Crippen LogP contribution in [-0.4, -0.2) is 11.1 Å². The SMILES string of the molecule is CCCC1\C=C/C=C\C=C/N1N. The Kier molecular flexibility index (Phi) is 3.61. The van der Waals surface area contributed by atoms with E-state index in [-0.39, 0.29) is 0 Å². The molecule has 0 aliphatic carbocycles. The molecule has 0 amide bonds. The summed E-state index contributed by atoms with van der Waals surface area (Å²) in [6, 6.07) is 0.344. The van der Waals surface area contributed by atoms with E-state index >= 15 is 0 Å². The van der Waals surface area contributed by atoms with E-state index < -0.39 is 0 Å². The Balaban J connectivity index is 2.63. The lowest BCUT2D eigenvalue weighted by Gasteiger charge is -2.23. The summed E-state index contributed by atoms with van der Waals surface area (Å²) in [5.74, 6) is 5.80. The molecule has 1 aliphatic heterocycles. The minimum Gasteiger partial charge on any atom is -0.311 e. The van der Waals surface area contributed by atoms with Gasteiger partial charge in [-0.05, 0) is 12.5 Å². The van der Waals surface area contributed by atoms with Crippen LogP contribution in [0.25, 0.3) is 0 Å². The third kappa shape index (κ3) is 2.55. The average Bonchev–Trinajstić information content (AvgIpc) is 2.05. The Hall–Kier alpha value is -1.02. The van der Waals surface area contributed by atoms with Crippen LogP contribution in [0.2, 0.25) is 0 Å². The third-order valence-corrected chi connectivity index (χ3v) is 1.89. The maximum atomic E-state index is 5.80. The van der Waals surface area contributed by atoms with Crippen molar-refractivity contribution in [1.29, 1.82) is 0 Å². The minimum atomic E-state index is 0.344. The second kappa shape index (κ2) is 4.78. The number of hydrogen-bond acceptors (Lipinski definition) is 2. The van der Waals surface area contributed by atoms with Crippen molar-refractivity contribution < 1.29 is 0 Å². The lowest BCUT2D eigenvalue weighted by Crippen LogP contribution is -2.35. The first-order valence-electron chi connectivity index (χ1n) is 4.39. The molecule has 1 heterocycles. The third-order valence-electron chi connectivity index (χ3n) is 1.89. The van der Waals surface area contributed by atoms with Crippen molar-refractivity contribution in [2.45, 2.75) is 25.8 Å². The first kappa shape index (κ1) is 9.07. The Morgan fingerprint density at radius 2 is 2.00 bits per heavy atom. The van der Waals surface area contributed by atoms with Gasteiger partial charge >= 0.3 is 0 Å². The second-order valence-electron chi connectivity index (χ2n) is 2.91. The largest absolute Gasteiger partial charge is 0.311 e. The molecule has 0 saturated carbocycles. The average molecular weight is 164 g/mol. The molecule has 0 radical (unpaired) electrons. The lowest BCUT2D eigenvalue weighted by molar-refractivity contribution is 0.314. The van der Waals surface area contributed by atoms with E-state index in [0.29, 0.717) is 6.04 Å². The molecule has 2 N–H and O–H groups in total. The Morgan fingerprint density at radius 1 is 1.25 bits per heavy atom. The van der Waals surface area contributed by atoms with Crippen LogP contribution < -0.4 is 5.84 Å². The highest BCUT2D eigenvalue weighted by Gasteiger charge is 2.06. The number of nitrogens with two attached hydrogens (primary N) is 1. The van der Waals surface area contributed by atoms with Gasteiger partial charge in [0.25, 0.3) is 0 Å². The molecule has 0 fully saturated rings. The zero-order valence-corrected chi connectivity index (χ0v) is 7.48. The number of rotatable bonds is 2. The Morgan fingerprint density at radius 3 is 2.75 bits per heavy atom. The van der Waals surface area contributed by atoms with Gasteiger partial charge in [0.05, 0.1) is 6.04 Å². The smallest absolute Gasteiger partial charge is 0.0628 e. The summed E-state index contributed by atoms with van der Waals surface area (Å²) in [5.41, 5.74) is 0. The highest BCUT2D eigenvalue weighted by molar-refractivity contribution is 5.15. The van der Waals surface area contributed by atoms with Gasteiger partial charge in [-0.3, -0.25) is 0 Å². The van der Waals surface area contributed by atoms with Crippen molar-refractivity contribution >= 4 is 0 Å². The predicted octanol–water partition coefficient (Wildman–Crippen LogP) is 1.97. The molecule has 2 heteroatoms. The number of nitrogens with zero attached hydrogens (tertiary/aromatic N) is 1. The van der Waals surface area contributed by atoms with E-state index in [9.17, 15) is 0 Å². The summed E-state index contributed by atoms with van der Waals surface area (Å²) in [6.45, 7) is 2.17.